The Hall–Kier alpha value is -3.06. The minimum Gasteiger partial charge on any atom is -0.330 e. The van der Waals surface area contributed by atoms with Gasteiger partial charge in [-0.15, -0.1) is 0 Å². The molecule has 3 heterocycles. The van der Waals surface area contributed by atoms with Crippen molar-refractivity contribution in [3.05, 3.63) is 83.2 Å². The van der Waals surface area contributed by atoms with Crippen LogP contribution in [-0.2, 0) is 0 Å². The predicted octanol–water partition coefficient (Wildman–Crippen LogP) is 2.88. The molecule has 1 fully saturated rings. The van der Waals surface area contributed by atoms with Crippen molar-refractivity contribution in [3.63, 3.8) is 0 Å². The Kier molecular flexibility index (Phi) is 5.16. The molecule has 1 amide bonds. The third-order valence-corrected chi connectivity index (χ3v) is 5.26. The van der Waals surface area contributed by atoms with Gasteiger partial charge in [0.2, 0.25) is 0 Å². The summed E-state index contributed by atoms with van der Waals surface area (Å²) in [5.41, 5.74) is 3.12. The summed E-state index contributed by atoms with van der Waals surface area (Å²) in [6.45, 7) is 1.76. The maximum absolute atomic E-state index is 13.4. The standard InChI is InChI=1S/C21H22FN5O/c1-27(21(28)18-13-25-26-19(18)15-8-10-24-11-15)20(16-3-2-9-23-12-16)14-4-6-17(22)7-5-14/h2-7,9,12-13,15,20,24H,8,10-11H2,1H3,(H,25,26). The van der Waals surface area contributed by atoms with Crippen LogP contribution in [0.1, 0.15) is 45.6 Å². The van der Waals surface area contributed by atoms with E-state index < -0.39 is 0 Å². The molecular formula is C21H22FN5O. The van der Waals surface area contributed by atoms with Crippen molar-refractivity contribution in [2.45, 2.75) is 18.4 Å². The lowest BCUT2D eigenvalue weighted by Gasteiger charge is -2.29. The minimum atomic E-state index is -0.383. The normalized spacial score (nSPS) is 17.4. The van der Waals surface area contributed by atoms with Crippen molar-refractivity contribution < 1.29 is 9.18 Å². The first kappa shape index (κ1) is 18.3. The van der Waals surface area contributed by atoms with Crippen molar-refractivity contribution in [2.24, 2.45) is 0 Å². The van der Waals surface area contributed by atoms with Gasteiger partial charge in [-0.05, 0) is 42.3 Å². The van der Waals surface area contributed by atoms with Gasteiger partial charge in [-0.1, -0.05) is 18.2 Å². The Morgan fingerprint density at radius 3 is 2.71 bits per heavy atom. The Balaban J connectivity index is 1.69. The summed E-state index contributed by atoms with van der Waals surface area (Å²) in [4.78, 5) is 19.3. The van der Waals surface area contributed by atoms with Crippen molar-refractivity contribution >= 4 is 5.91 Å². The van der Waals surface area contributed by atoms with Crippen molar-refractivity contribution in [3.8, 4) is 0 Å². The molecule has 1 aliphatic heterocycles. The smallest absolute Gasteiger partial charge is 0.257 e. The fraction of sp³-hybridized carbons (Fsp3) is 0.286. The number of aromatic amines is 1. The molecule has 2 N–H and O–H groups in total. The Labute approximate surface area is 162 Å². The SMILES string of the molecule is CN(C(=O)c1cn[nH]c1C1CCNC1)C(c1ccc(F)cc1)c1cccnc1. The van der Waals surface area contributed by atoms with Crippen LogP contribution in [0.5, 0.6) is 0 Å². The molecule has 1 aliphatic rings. The van der Waals surface area contributed by atoms with Gasteiger partial charge in [0.15, 0.2) is 0 Å². The van der Waals surface area contributed by atoms with Crippen LogP contribution in [0.15, 0.2) is 55.0 Å². The first-order valence-corrected chi connectivity index (χ1v) is 9.31. The summed E-state index contributed by atoms with van der Waals surface area (Å²) in [5.74, 6) is -0.195. The Bertz CT molecular complexity index is 935. The van der Waals surface area contributed by atoms with E-state index in [1.807, 2.05) is 12.1 Å². The molecule has 0 aliphatic carbocycles. The zero-order valence-corrected chi connectivity index (χ0v) is 15.6. The maximum atomic E-state index is 13.4. The number of nitrogens with zero attached hydrogens (tertiary/aromatic N) is 3. The molecule has 1 saturated heterocycles. The Morgan fingerprint density at radius 1 is 1.21 bits per heavy atom. The molecule has 2 aromatic heterocycles. The number of carbonyl (C=O) groups is 1. The molecule has 4 rings (SSSR count). The molecule has 28 heavy (non-hydrogen) atoms. The predicted molar refractivity (Wildman–Crippen MR) is 103 cm³/mol. The number of pyridine rings is 1. The number of aromatic nitrogens is 3. The van der Waals surface area contributed by atoms with E-state index in [0.717, 1.165) is 36.3 Å². The van der Waals surface area contributed by atoms with Gasteiger partial charge in [0.25, 0.3) is 5.91 Å². The third-order valence-electron chi connectivity index (χ3n) is 5.26. The van der Waals surface area contributed by atoms with E-state index in [2.05, 4.69) is 20.5 Å². The lowest BCUT2D eigenvalue weighted by atomic mass is 9.96. The van der Waals surface area contributed by atoms with Gasteiger partial charge in [0.05, 0.1) is 23.5 Å². The molecule has 144 valence electrons. The van der Waals surface area contributed by atoms with E-state index in [9.17, 15) is 9.18 Å². The molecule has 2 atom stereocenters. The molecule has 1 aromatic carbocycles. The van der Waals surface area contributed by atoms with Crippen LogP contribution in [0.4, 0.5) is 4.39 Å². The zero-order chi connectivity index (χ0) is 19.5. The highest BCUT2D eigenvalue weighted by molar-refractivity contribution is 5.95. The van der Waals surface area contributed by atoms with E-state index >= 15 is 0 Å². The van der Waals surface area contributed by atoms with Crippen molar-refractivity contribution in [2.75, 3.05) is 20.1 Å². The van der Waals surface area contributed by atoms with Crippen LogP contribution < -0.4 is 5.32 Å². The number of amides is 1. The molecule has 7 heteroatoms. The van der Waals surface area contributed by atoms with Gasteiger partial charge in [-0.25, -0.2) is 4.39 Å². The third kappa shape index (κ3) is 3.53. The maximum Gasteiger partial charge on any atom is 0.257 e. The van der Waals surface area contributed by atoms with Gasteiger partial charge in [-0.3, -0.25) is 14.9 Å². The van der Waals surface area contributed by atoms with Crippen LogP contribution in [0.25, 0.3) is 0 Å². The highest BCUT2D eigenvalue weighted by Crippen LogP contribution is 2.31. The van der Waals surface area contributed by atoms with Crippen molar-refractivity contribution in [1.29, 1.82) is 0 Å². The first-order chi connectivity index (χ1) is 13.6. The summed E-state index contributed by atoms with van der Waals surface area (Å²) in [6, 6.07) is 9.59. The quantitative estimate of drug-likeness (QED) is 0.715. The highest BCUT2D eigenvalue weighted by atomic mass is 19.1. The summed E-state index contributed by atoms with van der Waals surface area (Å²) < 4.78 is 13.4. The molecular weight excluding hydrogens is 357 g/mol. The molecule has 3 aromatic rings. The monoisotopic (exact) mass is 379 g/mol. The Morgan fingerprint density at radius 2 is 2.04 bits per heavy atom. The number of hydrogen-bond donors (Lipinski definition) is 2. The fourth-order valence-electron chi connectivity index (χ4n) is 3.81. The van der Waals surface area contributed by atoms with Crippen LogP contribution in [0, 0.1) is 5.82 Å². The molecule has 2 unspecified atom stereocenters. The van der Waals surface area contributed by atoms with E-state index in [1.165, 1.54) is 12.1 Å². The number of benzene rings is 1. The average Bonchev–Trinajstić information content (AvgIpc) is 3.41. The number of rotatable bonds is 5. The van der Waals surface area contributed by atoms with E-state index in [1.54, 1.807) is 42.7 Å². The minimum absolute atomic E-state index is 0.131. The number of H-pyrrole nitrogens is 1. The lowest BCUT2D eigenvalue weighted by molar-refractivity contribution is 0.0753. The largest absolute Gasteiger partial charge is 0.330 e. The van der Waals surface area contributed by atoms with Gasteiger partial charge in [-0.2, -0.15) is 5.10 Å². The number of hydrogen-bond acceptors (Lipinski definition) is 4. The molecule has 6 nitrogen and oxygen atoms in total. The lowest BCUT2D eigenvalue weighted by Crippen LogP contribution is -2.32. The second-order valence-corrected chi connectivity index (χ2v) is 7.04. The van der Waals surface area contributed by atoms with Crippen molar-refractivity contribution in [1.82, 2.24) is 25.4 Å². The zero-order valence-electron chi connectivity index (χ0n) is 15.6. The van der Waals surface area contributed by atoms with Crippen LogP contribution in [0.2, 0.25) is 0 Å². The summed E-state index contributed by atoms with van der Waals surface area (Å²) in [6.07, 6.45) is 5.98. The molecule has 0 bridgehead atoms. The number of carbonyl (C=O) groups excluding carboxylic acids is 1. The first-order valence-electron chi connectivity index (χ1n) is 9.31. The number of halogens is 1. The van der Waals surface area contributed by atoms with E-state index in [0.29, 0.717) is 5.56 Å². The molecule has 0 radical (unpaired) electrons. The summed E-state index contributed by atoms with van der Waals surface area (Å²) in [5, 5.41) is 10.5. The van der Waals surface area contributed by atoms with Crippen LogP contribution in [0.3, 0.4) is 0 Å². The average molecular weight is 379 g/mol. The number of nitrogens with one attached hydrogen (secondary N) is 2. The van der Waals surface area contributed by atoms with E-state index in [-0.39, 0.29) is 23.7 Å². The van der Waals surface area contributed by atoms with Gasteiger partial charge >= 0.3 is 0 Å². The van der Waals surface area contributed by atoms with Crippen LogP contribution in [-0.4, -0.2) is 46.1 Å². The van der Waals surface area contributed by atoms with Gasteiger partial charge < -0.3 is 10.2 Å². The fourth-order valence-corrected chi connectivity index (χ4v) is 3.81. The summed E-state index contributed by atoms with van der Waals surface area (Å²) >= 11 is 0. The molecule has 0 saturated carbocycles. The second-order valence-electron chi connectivity index (χ2n) is 7.04. The van der Waals surface area contributed by atoms with E-state index in [4.69, 9.17) is 0 Å². The van der Waals surface area contributed by atoms with Crippen LogP contribution >= 0.6 is 0 Å². The highest BCUT2D eigenvalue weighted by Gasteiger charge is 2.30. The topological polar surface area (TPSA) is 73.9 Å². The summed E-state index contributed by atoms with van der Waals surface area (Å²) in [7, 11) is 1.76. The second kappa shape index (κ2) is 7.90. The van der Waals surface area contributed by atoms with Gasteiger partial charge in [0.1, 0.15) is 5.82 Å². The van der Waals surface area contributed by atoms with Gasteiger partial charge in [0, 0.05) is 31.9 Å². The molecule has 0 spiro atoms.